The number of aromatic nitrogens is 1. The molecule has 4 nitrogen and oxygen atoms in total. The van der Waals surface area contributed by atoms with Crippen molar-refractivity contribution in [1.29, 1.82) is 0 Å². The Kier molecular flexibility index (Phi) is 4.99. The van der Waals surface area contributed by atoms with Crippen LogP contribution < -0.4 is 15.2 Å². The maximum absolute atomic E-state index is 5.68. The fourth-order valence-electron chi connectivity index (χ4n) is 1.61. The molecule has 0 aliphatic rings. The molecule has 0 bridgehead atoms. The van der Waals surface area contributed by atoms with Crippen molar-refractivity contribution in [1.82, 2.24) is 4.98 Å². The molecule has 0 radical (unpaired) electrons. The van der Waals surface area contributed by atoms with Crippen LogP contribution in [0.25, 0.3) is 0 Å². The van der Waals surface area contributed by atoms with Gasteiger partial charge in [-0.25, -0.2) is 0 Å². The van der Waals surface area contributed by atoms with Crippen LogP contribution in [0.15, 0.2) is 42.7 Å². The minimum atomic E-state index is 0.330. The lowest BCUT2D eigenvalue weighted by Crippen LogP contribution is -1.97. The zero-order chi connectivity index (χ0) is 14.2. The Morgan fingerprint density at radius 1 is 1.15 bits per heavy atom. The minimum absolute atomic E-state index is 0.330. The normalized spacial score (nSPS) is 9.50. The van der Waals surface area contributed by atoms with Crippen molar-refractivity contribution >= 4 is 0 Å². The average Bonchev–Trinajstić information content (AvgIpc) is 2.52. The van der Waals surface area contributed by atoms with Crippen LogP contribution in [0.5, 0.6) is 11.5 Å². The Balaban J connectivity index is 1.99. The van der Waals surface area contributed by atoms with E-state index >= 15 is 0 Å². The topological polar surface area (TPSA) is 57.4 Å². The van der Waals surface area contributed by atoms with E-state index in [1.54, 1.807) is 19.5 Å². The SMILES string of the molecule is COc1ccc(COc2cncc(C#CCN)c2)cc1. The number of benzene rings is 1. The van der Waals surface area contributed by atoms with Gasteiger partial charge in [-0.15, -0.1) is 0 Å². The van der Waals surface area contributed by atoms with Gasteiger partial charge in [0.25, 0.3) is 0 Å². The molecular formula is C16H16N2O2. The molecule has 1 aromatic heterocycles. The van der Waals surface area contributed by atoms with Gasteiger partial charge in [-0.3, -0.25) is 4.98 Å². The van der Waals surface area contributed by atoms with Crippen molar-refractivity contribution in [2.24, 2.45) is 5.73 Å². The van der Waals surface area contributed by atoms with Gasteiger partial charge in [0.2, 0.25) is 0 Å². The molecule has 0 saturated carbocycles. The Labute approximate surface area is 118 Å². The summed E-state index contributed by atoms with van der Waals surface area (Å²) in [6.45, 7) is 0.802. The molecule has 0 saturated heterocycles. The highest BCUT2D eigenvalue weighted by Gasteiger charge is 1.98. The third kappa shape index (κ3) is 4.01. The number of nitrogens with two attached hydrogens (primary N) is 1. The number of hydrogen-bond acceptors (Lipinski definition) is 4. The van der Waals surface area contributed by atoms with Crippen LogP contribution in [0.1, 0.15) is 11.1 Å². The standard InChI is InChI=1S/C16H16N2O2/c1-19-15-6-4-13(5-7-15)12-20-16-9-14(3-2-8-17)10-18-11-16/h4-7,9-11H,8,12,17H2,1H3. The minimum Gasteiger partial charge on any atom is -0.497 e. The van der Waals surface area contributed by atoms with Gasteiger partial charge in [0.1, 0.15) is 18.1 Å². The molecule has 2 N–H and O–H groups in total. The summed E-state index contributed by atoms with van der Waals surface area (Å²) >= 11 is 0. The van der Waals surface area contributed by atoms with Gasteiger partial charge in [-0.05, 0) is 23.8 Å². The molecule has 4 heteroatoms. The lowest BCUT2D eigenvalue weighted by molar-refractivity contribution is 0.304. The second kappa shape index (κ2) is 7.17. The van der Waals surface area contributed by atoms with E-state index < -0.39 is 0 Å². The van der Waals surface area contributed by atoms with E-state index in [9.17, 15) is 0 Å². The molecule has 0 aliphatic carbocycles. The Morgan fingerprint density at radius 2 is 1.95 bits per heavy atom. The zero-order valence-electron chi connectivity index (χ0n) is 11.3. The highest BCUT2D eigenvalue weighted by molar-refractivity contribution is 5.37. The van der Waals surface area contributed by atoms with Crippen LogP contribution in [0.3, 0.4) is 0 Å². The van der Waals surface area contributed by atoms with Gasteiger partial charge >= 0.3 is 0 Å². The van der Waals surface area contributed by atoms with Gasteiger partial charge in [0.15, 0.2) is 0 Å². The van der Waals surface area contributed by atoms with Crippen LogP contribution in [0.2, 0.25) is 0 Å². The number of pyridine rings is 1. The number of hydrogen-bond donors (Lipinski definition) is 1. The molecule has 1 aromatic carbocycles. The van der Waals surface area contributed by atoms with E-state index in [0.717, 1.165) is 16.9 Å². The lowest BCUT2D eigenvalue weighted by Gasteiger charge is -2.07. The molecule has 0 atom stereocenters. The Hall–Kier alpha value is -2.51. The molecule has 0 amide bonds. The molecule has 1 heterocycles. The summed E-state index contributed by atoms with van der Waals surface area (Å²) in [5, 5.41) is 0. The van der Waals surface area contributed by atoms with Crippen LogP contribution in [0.4, 0.5) is 0 Å². The monoisotopic (exact) mass is 268 g/mol. The van der Waals surface area contributed by atoms with Crippen LogP contribution in [-0.4, -0.2) is 18.6 Å². The van der Waals surface area contributed by atoms with Crippen molar-refractivity contribution in [2.75, 3.05) is 13.7 Å². The molecule has 102 valence electrons. The molecule has 2 rings (SSSR count). The first-order valence-corrected chi connectivity index (χ1v) is 6.21. The summed E-state index contributed by atoms with van der Waals surface area (Å²) in [6.07, 6.45) is 3.35. The third-order valence-electron chi connectivity index (χ3n) is 2.61. The molecular weight excluding hydrogens is 252 g/mol. The quantitative estimate of drug-likeness (QED) is 0.861. The van der Waals surface area contributed by atoms with Crippen molar-refractivity contribution in [3.05, 3.63) is 53.9 Å². The lowest BCUT2D eigenvalue weighted by atomic mass is 10.2. The maximum atomic E-state index is 5.68. The van der Waals surface area contributed by atoms with E-state index in [4.69, 9.17) is 15.2 Å². The number of rotatable bonds is 4. The van der Waals surface area contributed by atoms with E-state index in [1.807, 2.05) is 30.3 Å². The molecule has 2 aromatic rings. The Bertz CT molecular complexity index is 612. The fraction of sp³-hybridized carbons (Fsp3) is 0.188. The largest absolute Gasteiger partial charge is 0.497 e. The number of nitrogens with zero attached hydrogens (tertiary/aromatic N) is 1. The van der Waals surface area contributed by atoms with Crippen molar-refractivity contribution < 1.29 is 9.47 Å². The van der Waals surface area contributed by atoms with Crippen LogP contribution in [0, 0.1) is 11.8 Å². The second-order valence-electron chi connectivity index (χ2n) is 4.05. The predicted octanol–water partition coefficient (Wildman–Crippen LogP) is 1.98. The summed E-state index contributed by atoms with van der Waals surface area (Å²) in [5.74, 6) is 7.22. The highest BCUT2D eigenvalue weighted by Crippen LogP contribution is 2.15. The first-order chi connectivity index (χ1) is 9.81. The van der Waals surface area contributed by atoms with E-state index in [1.165, 1.54) is 0 Å². The summed E-state index contributed by atoms with van der Waals surface area (Å²) in [6, 6.07) is 9.58. The Morgan fingerprint density at radius 3 is 2.65 bits per heavy atom. The molecule has 0 spiro atoms. The third-order valence-corrected chi connectivity index (χ3v) is 2.61. The van der Waals surface area contributed by atoms with Gasteiger partial charge in [0, 0.05) is 11.8 Å². The molecule has 0 unspecified atom stereocenters. The molecule has 20 heavy (non-hydrogen) atoms. The molecule has 0 fully saturated rings. The number of ether oxygens (including phenoxy) is 2. The second-order valence-corrected chi connectivity index (χ2v) is 4.05. The van der Waals surface area contributed by atoms with E-state index in [-0.39, 0.29) is 0 Å². The summed E-state index contributed by atoms with van der Waals surface area (Å²) in [4.78, 5) is 4.09. The van der Waals surface area contributed by atoms with Gasteiger partial charge in [-0.1, -0.05) is 24.0 Å². The van der Waals surface area contributed by atoms with Crippen molar-refractivity contribution in [2.45, 2.75) is 6.61 Å². The zero-order valence-corrected chi connectivity index (χ0v) is 11.3. The van der Waals surface area contributed by atoms with Gasteiger partial charge < -0.3 is 15.2 Å². The molecule has 0 aliphatic heterocycles. The summed E-state index contributed by atoms with van der Waals surface area (Å²) < 4.78 is 10.8. The maximum Gasteiger partial charge on any atom is 0.139 e. The van der Waals surface area contributed by atoms with Gasteiger partial charge in [-0.2, -0.15) is 0 Å². The highest BCUT2D eigenvalue weighted by atomic mass is 16.5. The van der Waals surface area contributed by atoms with Gasteiger partial charge in [0.05, 0.1) is 19.9 Å². The van der Waals surface area contributed by atoms with E-state index in [0.29, 0.717) is 18.9 Å². The van der Waals surface area contributed by atoms with Crippen molar-refractivity contribution in [3.8, 4) is 23.3 Å². The number of methoxy groups -OCH3 is 1. The van der Waals surface area contributed by atoms with Crippen molar-refractivity contribution in [3.63, 3.8) is 0 Å². The fourth-order valence-corrected chi connectivity index (χ4v) is 1.61. The summed E-state index contributed by atoms with van der Waals surface area (Å²) in [7, 11) is 1.64. The smallest absolute Gasteiger partial charge is 0.139 e. The van der Waals surface area contributed by atoms with Crippen LogP contribution in [-0.2, 0) is 6.61 Å². The summed E-state index contributed by atoms with van der Waals surface area (Å²) in [5.41, 5.74) is 7.19. The predicted molar refractivity (Wildman–Crippen MR) is 77.5 cm³/mol. The average molecular weight is 268 g/mol. The first-order valence-electron chi connectivity index (χ1n) is 6.21. The first kappa shape index (κ1) is 13.9. The van der Waals surface area contributed by atoms with E-state index in [2.05, 4.69) is 16.8 Å². The van der Waals surface area contributed by atoms with Crippen LogP contribution >= 0.6 is 0 Å².